The van der Waals surface area contributed by atoms with Crippen molar-refractivity contribution >= 4 is 37.4 Å². The fraction of sp³-hybridized carbons (Fsp3) is 0.300. The lowest BCUT2D eigenvalue weighted by Crippen LogP contribution is -2.06. The number of aryl methyl sites for hydroxylation is 1. The molecule has 1 aromatic carbocycles. The fourth-order valence-electron chi connectivity index (χ4n) is 1.58. The highest BCUT2D eigenvalue weighted by Crippen LogP contribution is 2.41. The highest BCUT2D eigenvalue weighted by atomic mass is 35.5. The summed E-state index contributed by atoms with van der Waals surface area (Å²) in [4.78, 5) is 4.43. The highest BCUT2D eigenvalue weighted by Gasteiger charge is 2.22. The second-order valence-electron chi connectivity index (χ2n) is 3.24. The zero-order valence-corrected chi connectivity index (χ0v) is 10.0. The number of nitrogens with two attached hydrogens (primary N) is 1. The molecule has 80 valence electrons. The first-order chi connectivity index (χ1) is 7.27. The number of rotatable bonds is 3. The first kappa shape index (κ1) is 10.7. The van der Waals surface area contributed by atoms with Crippen LogP contribution in [0.4, 0.5) is 5.13 Å². The lowest BCUT2D eigenvalue weighted by Gasteiger charge is -1.91. The number of nitrogen functional groups attached to an aromatic ring is 1. The molecule has 0 saturated carbocycles. The predicted octanol–water partition coefficient (Wildman–Crippen LogP) is 3.33. The molecule has 1 aromatic heterocycles. The van der Waals surface area contributed by atoms with E-state index in [1.54, 1.807) is 0 Å². The van der Waals surface area contributed by atoms with Crippen molar-refractivity contribution in [2.45, 2.75) is 19.1 Å². The number of halogens is 1. The van der Waals surface area contributed by atoms with E-state index in [0.717, 1.165) is 22.8 Å². The summed E-state index contributed by atoms with van der Waals surface area (Å²) in [6.45, 7) is 2.16. The summed E-state index contributed by atoms with van der Waals surface area (Å²) >= 11 is 6.09. The van der Waals surface area contributed by atoms with Gasteiger partial charge >= 0.3 is 5.13 Å². The maximum absolute atomic E-state index is 6.09. The second kappa shape index (κ2) is 4.35. The Bertz CT molecular complexity index is 481. The summed E-state index contributed by atoms with van der Waals surface area (Å²) in [5.74, 6) is 6.53. The van der Waals surface area contributed by atoms with Crippen LogP contribution in [0.25, 0.3) is 10.2 Å². The molecule has 0 aliphatic rings. The van der Waals surface area contributed by atoms with Crippen molar-refractivity contribution in [1.29, 1.82) is 0 Å². The summed E-state index contributed by atoms with van der Waals surface area (Å²) in [6.07, 6.45) is 1.11. The van der Waals surface area contributed by atoms with Crippen molar-refractivity contribution in [3.63, 3.8) is 0 Å². The molecular weight excluding hydrogens is 230 g/mol. The third-order valence-corrected chi connectivity index (χ3v) is 4.85. The van der Waals surface area contributed by atoms with Crippen molar-refractivity contribution in [3.05, 3.63) is 23.2 Å². The van der Waals surface area contributed by atoms with E-state index in [-0.39, 0.29) is 10.5 Å². The Morgan fingerprint density at radius 1 is 1.53 bits per heavy atom. The summed E-state index contributed by atoms with van der Waals surface area (Å²) in [5.41, 5.74) is 3.56. The molecule has 0 aliphatic carbocycles. The number of para-hydroxylation sites is 1. The van der Waals surface area contributed by atoms with Gasteiger partial charge in [-0.2, -0.15) is 4.98 Å². The molecule has 15 heavy (non-hydrogen) atoms. The van der Waals surface area contributed by atoms with Gasteiger partial charge in [-0.25, -0.2) is 5.84 Å². The smallest absolute Gasteiger partial charge is 0.263 e. The number of benzene rings is 1. The molecule has 0 bridgehead atoms. The molecule has 0 fully saturated rings. The van der Waals surface area contributed by atoms with Gasteiger partial charge in [-0.05, 0) is 12.5 Å². The summed E-state index contributed by atoms with van der Waals surface area (Å²) in [7, 11) is -0.0209. The third-order valence-electron chi connectivity index (χ3n) is 2.19. The van der Waals surface area contributed by atoms with E-state index in [9.17, 15) is 0 Å². The minimum atomic E-state index is -0.0209. The number of nitrogens with zero attached hydrogens (tertiary/aromatic N) is 1. The standard InChI is InChI=1S/C10H13ClN3S/c1-2-6-15-8-5-3-4-7(11)9(8)13-10(15)14-12/h3-5H,2,6,12H2,1H3,(H,13,14)/q+1. The fourth-order valence-corrected chi connectivity index (χ4v) is 3.86. The second-order valence-corrected chi connectivity index (χ2v) is 5.67. The van der Waals surface area contributed by atoms with Crippen LogP contribution in [0, 0.1) is 0 Å². The van der Waals surface area contributed by atoms with Gasteiger partial charge < -0.3 is 0 Å². The molecule has 1 heterocycles. The zero-order chi connectivity index (χ0) is 10.8. The van der Waals surface area contributed by atoms with Crippen LogP contribution in [0.2, 0.25) is 5.02 Å². The van der Waals surface area contributed by atoms with E-state index in [1.165, 1.54) is 4.70 Å². The number of aromatic nitrogens is 1. The van der Waals surface area contributed by atoms with Crippen molar-refractivity contribution in [2.24, 2.45) is 5.84 Å². The quantitative estimate of drug-likeness (QED) is 0.493. The zero-order valence-electron chi connectivity index (χ0n) is 8.46. The van der Waals surface area contributed by atoms with Crippen LogP contribution in [-0.4, -0.2) is 4.98 Å². The van der Waals surface area contributed by atoms with E-state index in [4.69, 9.17) is 17.4 Å². The van der Waals surface area contributed by atoms with E-state index in [0.29, 0.717) is 5.02 Å². The number of anilines is 1. The van der Waals surface area contributed by atoms with E-state index in [1.807, 2.05) is 12.1 Å². The average molecular weight is 243 g/mol. The summed E-state index contributed by atoms with van der Waals surface area (Å²) < 4.78 is 1.21. The molecule has 1 unspecified atom stereocenters. The van der Waals surface area contributed by atoms with Crippen molar-refractivity contribution < 1.29 is 0 Å². The molecule has 2 rings (SSSR count). The molecule has 0 aliphatic heterocycles. The molecular formula is C10H13ClN3S+. The SMILES string of the molecule is CCC[s+]1c(NN)nc2c(Cl)cccc21. The molecule has 0 amide bonds. The van der Waals surface area contributed by atoms with Crippen molar-refractivity contribution in [2.75, 3.05) is 5.43 Å². The Morgan fingerprint density at radius 2 is 2.33 bits per heavy atom. The molecule has 0 saturated heterocycles. The van der Waals surface area contributed by atoms with Crippen LogP contribution in [0.5, 0.6) is 0 Å². The molecule has 5 heteroatoms. The number of fused-ring (bicyclic) bond motifs is 1. The van der Waals surface area contributed by atoms with Gasteiger partial charge in [0.15, 0.2) is 0 Å². The van der Waals surface area contributed by atoms with Crippen LogP contribution in [0.15, 0.2) is 18.2 Å². The average Bonchev–Trinajstić information content (AvgIpc) is 2.59. The van der Waals surface area contributed by atoms with Crippen LogP contribution in [0.1, 0.15) is 13.3 Å². The van der Waals surface area contributed by atoms with Gasteiger partial charge in [-0.3, -0.25) is 5.43 Å². The van der Waals surface area contributed by atoms with E-state index >= 15 is 0 Å². The third kappa shape index (κ3) is 1.80. The Morgan fingerprint density at radius 3 is 3.00 bits per heavy atom. The van der Waals surface area contributed by atoms with Crippen LogP contribution >= 0.6 is 22.1 Å². The Balaban J connectivity index is 2.68. The normalized spacial score (nSPS) is 12.1. The first-order valence-electron chi connectivity index (χ1n) is 4.82. The number of nitrogens with one attached hydrogen (secondary N) is 1. The van der Waals surface area contributed by atoms with Gasteiger partial charge in [-0.15, -0.1) is 0 Å². The Labute approximate surface area is 96.2 Å². The Hall–Kier alpha value is -0.840. The van der Waals surface area contributed by atoms with Crippen LogP contribution in [0.3, 0.4) is 0 Å². The highest BCUT2D eigenvalue weighted by molar-refractivity contribution is 7.39. The van der Waals surface area contributed by atoms with Crippen molar-refractivity contribution in [1.82, 2.24) is 4.98 Å². The number of thiazole rings is 1. The van der Waals surface area contributed by atoms with Gasteiger partial charge in [0.2, 0.25) is 4.70 Å². The molecule has 3 nitrogen and oxygen atoms in total. The number of hydrogen-bond donors (Lipinski definition) is 2. The molecule has 0 radical (unpaired) electrons. The minimum Gasteiger partial charge on any atom is -0.263 e. The van der Waals surface area contributed by atoms with Crippen molar-refractivity contribution in [3.8, 4) is 0 Å². The van der Waals surface area contributed by atoms with Crippen LogP contribution < -0.4 is 11.3 Å². The monoisotopic (exact) mass is 242 g/mol. The van der Waals surface area contributed by atoms with Gasteiger partial charge in [0.25, 0.3) is 0 Å². The maximum atomic E-state index is 6.09. The minimum absolute atomic E-state index is 0.0209. The summed E-state index contributed by atoms with van der Waals surface area (Å²) in [5, 5.41) is 1.55. The van der Waals surface area contributed by atoms with Gasteiger partial charge in [0.05, 0.1) is 5.02 Å². The number of hydrogen-bond acceptors (Lipinski definition) is 3. The molecule has 1 atom stereocenters. The summed E-state index contributed by atoms with van der Waals surface area (Å²) in [6, 6.07) is 5.90. The van der Waals surface area contributed by atoms with E-state index < -0.39 is 0 Å². The van der Waals surface area contributed by atoms with E-state index in [2.05, 4.69) is 23.4 Å². The lowest BCUT2D eigenvalue weighted by atomic mass is 10.3. The van der Waals surface area contributed by atoms with Gasteiger partial charge in [-0.1, -0.05) is 24.6 Å². The lowest BCUT2D eigenvalue weighted by molar-refractivity contribution is 1.03. The predicted molar refractivity (Wildman–Crippen MR) is 67.3 cm³/mol. The maximum Gasteiger partial charge on any atom is 0.355 e. The molecule has 0 spiro atoms. The number of hydrazine groups is 1. The largest absolute Gasteiger partial charge is 0.355 e. The first-order valence-corrected chi connectivity index (χ1v) is 6.59. The Kier molecular flexibility index (Phi) is 3.09. The molecule has 2 aromatic rings. The topological polar surface area (TPSA) is 50.9 Å². The van der Waals surface area contributed by atoms with Gasteiger partial charge in [0.1, 0.15) is 11.3 Å². The van der Waals surface area contributed by atoms with Gasteiger partial charge in [0, 0.05) is 16.5 Å². The molecule has 3 N–H and O–H groups in total. The van der Waals surface area contributed by atoms with Crippen LogP contribution in [-0.2, 0) is 5.75 Å².